The van der Waals surface area contributed by atoms with Gasteiger partial charge in [0.15, 0.2) is 5.76 Å². The van der Waals surface area contributed by atoms with Gasteiger partial charge in [0, 0.05) is 10.6 Å². The minimum atomic E-state index is 0.739. The fourth-order valence-corrected chi connectivity index (χ4v) is 2.43. The maximum atomic E-state index is 6.00. The molecule has 0 aliphatic rings. The first-order valence-electron chi connectivity index (χ1n) is 7.46. The number of unbranched alkanes of at least 4 members (excludes halogenated alkanes) is 3. The second-order valence-corrected chi connectivity index (χ2v) is 5.55. The summed E-state index contributed by atoms with van der Waals surface area (Å²) in [6.45, 7) is 4.32. The number of furan rings is 1. The highest BCUT2D eigenvalue weighted by molar-refractivity contribution is 6.30. The average Bonchev–Trinajstić information content (AvgIpc) is 2.91. The quantitative estimate of drug-likeness (QED) is 0.725. The minimum Gasteiger partial charge on any atom is -0.455 e. The fraction of sp³-hybridized carbons (Fsp3) is 0.412. The van der Waals surface area contributed by atoms with Crippen LogP contribution in [0.2, 0.25) is 5.02 Å². The van der Waals surface area contributed by atoms with Gasteiger partial charge in [-0.05, 0) is 37.1 Å². The molecule has 0 unspecified atom stereocenters. The highest BCUT2D eigenvalue weighted by Crippen LogP contribution is 2.24. The van der Waals surface area contributed by atoms with Crippen molar-refractivity contribution in [1.82, 2.24) is 0 Å². The van der Waals surface area contributed by atoms with Crippen LogP contribution in [-0.2, 0) is 6.54 Å². The molecule has 2 aromatic rings. The second kappa shape index (κ2) is 8.13. The number of halogens is 1. The van der Waals surface area contributed by atoms with E-state index < -0.39 is 0 Å². The molecule has 0 atom stereocenters. The monoisotopic (exact) mass is 292 g/mol. The first-order valence-corrected chi connectivity index (χ1v) is 7.83. The molecule has 0 saturated heterocycles. The molecule has 1 heterocycles. The molecule has 20 heavy (non-hydrogen) atoms. The van der Waals surface area contributed by atoms with Gasteiger partial charge >= 0.3 is 0 Å². The fourth-order valence-electron chi connectivity index (χ4n) is 2.24. The summed E-state index contributed by atoms with van der Waals surface area (Å²) in [6, 6.07) is 11.8. The molecule has 0 bridgehead atoms. The van der Waals surface area contributed by atoms with Crippen molar-refractivity contribution in [3.05, 3.63) is 47.2 Å². The van der Waals surface area contributed by atoms with Crippen LogP contribution in [0, 0.1) is 0 Å². The molecule has 0 radical (unpaired) electrons. The van der Waals surface area contributed by atoms with Crippen molar-refractivity contribution in [2.45, 2.75) is 39.2 Å². The number of hydrogen-bond acceptors (Lipinski definition) is 1. The van der Waals surface area contributed by atoms with Crippen molar-refractivity contribution < 1.29 is 9.73 Å². The lowest BCUT2D eigenvalue weighted by Gasteiger charge is -2.00. The van der Waals surface area contributed by atoms with E-state index in [-0.39, 0.29) is 0 Å². The third kappa shape index (κ3) is 4.69. The lowest BCUT2D eigenvalue weighted by atomic mass is 10.2. The molecule has 108 valence electrons. The summed E-state index contributed by atoms with van der Waals surface area (Å²) in [7, 11) is 0. The Balaban J connectivity index is 1.80. The SMILES string of the molecule is CCCCCC[NH2+]Cc1ccc(-c2cccc(Cl)c2)o1. The molecular formula is C17H23ClNO+. The van der Waals surface area contributed by atoms with E-state index in [2.05, 4.69) is 18.3 Å². The van der Waals surface area contributed by atoms with Crippen molar-refractivity contribution in [2.75, 3.05) is 6.54 Å². The van der Waals surface area contributed by atoms with E-state index in [1.54, 1.807) is 0 Å². The van der Waals surface area contributed by atoms with Crippen molar-refractivity contribution in [3.63, 3.8) is 0 Å². The van der Waals surface area contributed by atoms with Gasteiger partial charge < -0.3 is 9.73 Å². The van der Waals surface area contributed by atoms with Crippen LogP contribution in [0.5, 0.6) is 0 Å². The van der Waals surface area contributed by atoms with Crippen molar-refractivity contribution >= 4 is 11.6 Å². The zero-order valence-corrected chi connectivity index (χ0v) is 12.8. The lowest BCUT2D eigenvalue weighted by molar-refractivity contribution is -0.672. The van der Waals surface area contributed by atoms with Crippen molar-refractivity contribution in [3.8, 4) is 11.3 Å². The number of nitrogens with two attached hydrogens (primary N) is 1. The van der Waals surface area contributed by atoms with Crippen LogP contribution < -0.4 is 5.32 Å². The van der Waals surface area contributed by atoms with Gasteiger partial charge in [0.1, 0.15) is 12.3 Å². The molecule has 1 aromatic heterocycles. The van der Waals surface area contributed by atoms with Gasteiger partial charge in [0.2, 0.25) is 0 Å². The zero-order chi connectivity index (χ0) is 14.2. The van der Waals surface area contributed by atoms with Gasteiger partial charge in [-0.25, -0.2) is 0 Å². The van der Waals surface area contributed by atoms with Gasteiger partial charge in [-0.2, -0.15) is 0 Å². The van der Waals surface area contributed by atoms with E-state index in [1.807, 2.05) is 30.3 Å². The molecule has 0 spiro atoms. The highest BCUT2D eigenvalue weighted by Gasteiger charge is 2.06. The molecule has 0 aliphatic heterocycles. The molecule has 2 rings (SSSR count). The zero-order valence-electron chi connectivity index (χ0n) is 12.1. The average molecular weight is 293 g/mol. The normalized spacial score (nSPS) is 10.9. The molecule has 0 saturated carbocycles. The number of rotatable bonds is 8. The molecule has 2 N–H and O–H groups in total. The molecule has 0 fully saturated rings. The Morgan fingerprint density at radius 1 is 1.10 bits per heavy atom. The maximum Gasteiger partial charge on any atom is 0.158 e. The molecule has 3 heteroatoms. The Morgan fingerprint density at radius 2 is 2.00 bits per heavy atom. The van der Waals surface area contributed by atoms with E-state index in [1.165, 1.54) is 32.2 Å². The third-order valence-corrected chi connectivity index (χ3v) is 3.61. The Labute approximate surface area is 126 Å². The summed E-state index contributed by atoms with van der Waals surface area (Å²) < 4.78 is 5.86. The first kappa shape index (κ1) is 15.1. The van der Waals surface area contributed by atoms with Crippen LogP contribution in [0.15, 0.2) is 40.8 Å². The van der Waals surface area contributed by atoms with Crippen LogP contribution >= 0.6 is 11.6 Å². The summed E-state index contributed by atoms with van der Waals surface area (Å²) >= 11 is 6.00. The number of benzene rings is 1. The third-order valence-electron chi connectivity index (χ3n) is 3.38. The molecule has 2 nitrogen and oxygen atoms in total. The largest absolute Gasteiger partial charge is 0.455 e. The Morgan fingerprint density at radius 3 is 2.80 bits per heavy atom. The van der Waals surface area contributed by atoms with Gasteiger partial charge in [0.05, 0.1) is 6.54 Å². The van der Waals surface area contributed by atoms with Gasteiger partial charge in [-0.1, -0.05) is 43.5 Å². The molecule has 1 aromatic carbocycles. The van der Waals surface area contributed by atoms with E-state index in [0.717, 1.165) is 28.7 Å². The predicted molar refractivity (Wildman–Crippen MR) is 83.8 cm³/mol. The summed E-state index contributed by atoms with van der Waals surface area (Å²) in [5, 5.41) is 3.05. The molecular weight excluding hydrogens is 270 g/mol. The van der Waals surface area contributed by atoms with Gasteiger partial charge in [-0.3, -0.25) is 0 Å². The predicted octanol–water partition coefficient (Wildman–Crippen LogP) is 4.24. The van der Waals surface area contributed by atoms with Crippen molar-refractivity contribution in [1.29, 1.82) is 0 Å². The molecule has 0 amide bonds. The molecule has 0 aliphatic carbocycles. The minimum absolute atomic E-state index is 0.739. The van der Waals surface area contributed by atoms with Gasteiger partial charge in [0.25, 0.3) is 0 Å². The van der Waals surface area contributed by atoms with Crippen LogP contribution in [0.25, 0.3) is 11.3 Å². The highest BCUT2D eigenvalue weighted by atomic mass is 35.5. The summed E-state index contributed by atoms with van der Waals surface area (Å²) in [5.74, 6) is 1.91. The maximum absolute atomic E-state index is 6.00. The second-order valence-electron chi connectivity index (χ2n) is 5.12. The number of quaternary nitrogens is 1. The van der Waals surface area contributed by atoms with Gasteiger partial charge in [-0.15, -0.1) is 0 Å². The van der Waals surface area contributed by atoms with E-state index in [0.29, 0.717) is 0 Å². The summed E-state index contributed by atoms with van der Waals surface area (Å²) in [4.78, 5) is 0. The van der Waals surface area contributed by atoms with E-state index in [9.17, 15) is 0 Å². The Hall–Kier alpha value is -1.25. The Kier molecular flexibility index (Phi) is 6.16. The Bertz CT molecular complexity index is 521. The summed E-state index contributed by atoms with van der Waals surface area (Å²) in [5.41, 5.74) is 1.03. The van der Waals surface area contributed by atoms with Crippen LogP contribution in [-0.4, -0.2) is 6.54 Å². The first-order chi connectivity index (χ1) is 9.79. The van der Waals surface area contributed by atoms with Crippen LogP contribution in [0.4, 0.5) is 0 Å². The summed E-state index contributed by atoms with van der Waals surface area (Å²) in [6.07, 6.45) is 5.25. The van der Waals surface area contributed by atoms with E-state index in [4.69, 9.17) is 16.0 Å². The topological polar surface area (TPSA) is 29.8 Å². The standard InChI is InChI=1S/C17H22ClNO/c1-2-3-4-5-11-19-13-16-9-10-17(20-16)14-7-6-8-15(18)12-14/h6-10,12,19H,2-5,11,13H2,1H3/p+1. The van der Waals surface area contributed by atoms with Crippen molar-refractivity contribution in [2.24, 2.45) is 0 Å². The smallest absolute Gasteiger partial charge is 0.158 e. The van der Waals surface area contributed by atoms with Crippen LogP contribution in [0.3, 0.4) is 0 Å². The van der Waals surface area contributed by atoms with Crippen LogP contribution in [0.1, 0.15) is 38.4 Å². The van der Waals surface area contributed by atoms with E-state index >= 15 is 0 Å². The lowest BCUT2D eigenvalue weighted by Crippen LogP contribution is -2.82. The number of hydrogen-bond donors (Lipinski definition) is 1.